The van der Waals surface area contributed by atoms with Gasteiger partial charge in [-0.15, -0.1) is 11.3 Å². The third-order valence-corrected chi connectivity index (χ3v) is 6.51. The minimum absolute atomic E-state index is 0.0177. The summed E-state index contributed by atoms with van der Waals surface area (Å²) >= 11 is 4.93. The number of carbonyl (C=O) groups is 2. The highest BCUT2D eigenvalue weighted by Gasteiger charge is 2.25. The molecule has 2 amide bonds. The quantitative estimate of drug-likeness (QED) is 0.610. The highest BCUT2D eigenvalue weighted by molar-refractivity contribution is 9.10. The summed E-state index contributed by atoms with van der Waals surface area (Å²) in [5, 5.41) is 3.11. The Morgan fingerprint density at radius 1 is 1.07 bits per heavy atom. The van der Waals surface area contributed by atoms with Gasteiger partial charge in [0.05, 0.1) is 16.7 Å². The number of amides is 2. The van der Waals surface area contributed by atoms with E-state index in [1.54, 1.807) is 6.07 Å². The Kier molecular flexibility index (Phi) is 5.64. The zero-order valence-electron chi connectivity index (χ0n) is 15.1. The van der Waals surface area contributed by atoms with Crippen molar-refractivity contribution >= 4 is 39.1 Å². The first-order valence-electron chi connectivity index (χ1n) is 9.08. The highest BCUT2D eigenvalue weighted by Crippen LogP contribution is 2.29. The molecule has 7 heteroatoms. The number of nitrogens with zero attached hydrogens (tertiary/aromatic N) is 1. The fourth-order valence-electron chi connectivity index (χ4n) is 3.28. The first-order valence-corrected chi connectivity index (χ1v) is 10.7. The number of hydrogen-bond acceptors (Lipinski definition) is 4. The smallest absolute Gasteiger partial charge is 0.261 e. The Balaban J connectivity index is 1.32. The van der Waals surface area contributed by atoms with Crippen LogP contribution in [0.2, 0.25) is 0 Å². The van der Waals surface area contributed by atoms with Gasteiger partial charge in [0, 0.05) is 28.5 Å². The molecule has 3 aromatic rings. The lowest BCUT2D eigenvalue weighted by atomic mass is 10.0. The lowest BCUT2D eigenvalue weighted by molar-refractivity contribution is 0.0697. The molecule has 0 radical (unpaired) electrons. The molecule has 1 aliphatic rings. The van der Waals surface area contributed by atoms with Crippen molar-refractivity contribution in [2.24, 2.45) is 0 Å². The van der Waals surface area contributed by atoms with Crippen LogP contribution < -0.4 is 5.32 Å². The van der Waals surface area contributed by atoms with Crippen molar-refractivity contribution in [2.45, 2.75) is 18.9 Å². The van der Waals surface area contributed by atoms with Gasteiger partial charge in [0.25, 0.3) is 11.8 Å². The predicted molar refractivity (Wildman–Crippen MR) is 113 cm³/mol. The van der Waals surface area contributed by atoms with Gasteiger partial charge in [0.15, 0.2) is 0 Å². The van der Waals surface area contributed by atoms with Crippen molar-refractivity contribution in [3.8, 4) is 10.4 Å². The SMILES string of the molecule is O=C(NC1CCN(C(=O)c2ccoc2)CC1)c1ccc(-c2ccc(Br)cc2)s1. The van der Waals surface area contributed by atoms with E-state index in [1.807, 2.05) is 41.3 Å². The zero-order valence-corrected chi connectivity index (χ0v) is 17.5. The molecular formula is C21H19BrN2O3S. The first kappa shape index (κ1) is 19.0. The zero-order chi connectivity index (χ0) is 19.5. The molecule has 1 N–H and O–H groups in total. The maximum absolute atomic E-state index is 12.6. The summed E-state index contributed by atoms with van der Waals surface area (Å²) in [6, 6.07) is 13.7. The van der Waals surface area contributed by atoms with E-state index in [1.165, 1.54) is 23.9 Å². The Morgan fingerprint density at radius 2 is 1.82 bits per heavy atom. The van der Waals surface area contributed by atoms with E-state index in [4.69, 9.17) is 4.42 Å². The molecule has 3 heterocycles. The van der Waals surface area contributed by atoms with E-state index < -0.39 is 0 Å². The maximum Gasteiger partial charge on any atom is 0.261 e. The van der Waals surface area contributed by atoms with Crippen molar-refractivity contribution in [1.29, 1.82) is 0 Å². The van der Waals surface area contributed by atoms with Gasteiger partial charge in [-0.2, -0.15) is 0 Å². The van der Waals surface area contributed by atoms with Crippen LogP contribution in [0.5, 0.6) is 0 Å². The second kappa shape index (κ2) is 8.32. The van der Waals surface area contributed by atoms with Gasteiger partial charge < -0.3 is 14.6 Å². The van der Waals surface area contributed by atoms with Crippen LogP contribution in [0.4, 0.5) is 0 Å². The predicted octanol–water partition coefficient (Wildman–Crippen LogP) is 4.81. The summed E-state index contributed by atoms with van der Waals surface area (Å²) in [6.07, 6.45) is 4.47. The van der Waals surface area contributed by atoms with Crippen LogP contribution in [-0.2, 0) is 0 Å². The van der Waals surface area contributed by atoms with Gasteiger partial charge in [0.2, 0.25) is 0 Å². The summed E-state index contributed by atoms with van der Waals surface area (Å²) in [4.78, 5) is 28.5. The van der Waals surface area contributed by atoms with E-state index >= 15 is 0 Å². The van der Waals surface area contributed by atoms with Crippen LogP contribution in [0.15, 0.2) is 63.9 Å². The normalized spacial score (nSPS) is 14.8. The first-order chi connectivity index (χ1) is 13.6. The fourth-order valence-corrected chi connectivity index (χ4v) is 4.46. The van der Waals surface area contributed by atoms with E-state index in [-0.39, 0.29) is 17.9 Å². The Hall–Kier alpha value is -2.38. The molecule has 144 valence electrons. The maximum atomic E-state index is 12.6. The Morgan fingerprint density at radius 3 is 2.50 bits per heavy atom. The number of thiophene rings is 1. The average Bonchev–Trinajstić information content (AvgIpc) is 3.41. The number of rotatable bonds is 4. The molecule has 28 heavy (non-hydrogen) atoms. The standard InChI is InChI=1S/C21H19BrN2O3S/c22-16-3-1-14(2-4-16)18-5-6-19(28-18)20(25)23-17-7-10-24(11-8-17)21(26)15-9-12-27-13-15/h1-6,9,12-13,17H,7-8,10-11H2,(H,23,25). The van der Waals surface area contributed by atoms with Gasteiger partial charge in [-0.25, -0.2) is 0 Å². The molecule has 1 fully saturated rings. The van der Waals surface area contributed by atoms with Gasteiger partial charge >= 0.3 is 0 Å². The number of carbonyl (C=O) groups excluding carboxylic acids is 2. The lowest BCUT2D eigenvalue weighted by Crippen LogP contribution is -2.46. The highest BCUT2D eigenvalue weighted by atomic mass is 79.9. The molecule has 0 bridgehead atoms. The van der Waals surface area contributed by atoms with E-state index in [0.29, 0.717) is 23.5 Å². The van der Waals surface area contributed by atoms with Gasteiger partial charge in [-0.05, 0) is 48.7 Å². The van der Waals surface area contributed by atoms with E-state index in [2.05, 4.69) is 21.2 Å². The summed E-state index contributed by atoms with van der Waals surface area (Å²) in [5.41, 5.74) is 1.67. The summed E-state index contributed by atoms with van der Waals surface area (Å²) in [5.74, 6) is -0.0658. The fraction of sp³-hybridized carbons (Fsp3) is 0.238. The molecule has 1 aliphatic heterocycles. The van der Waals surface area contributed by atoms with Crippen LogP contribution >= 0.6 is 27.3 Å². The largest absolute Gasteiger partial charge is 0.472 e. The monoisotopic (exact) mass is 458 g/mol. The van der Waals surface area contributed by atoms with Crippen molar-refractivity contribution in [3.05, 3.63) is 69.9 Å². The average molecular weight is 459 g/mol. The van der Waals surface area contributed by atoms with Crippen LogP contribution in [0.1, 0.15) is 32.9 Å². The van der Waals surface area contributed by atoms with Crippen molar-refractivity contribution in [3.63, 3.8) is 0 Å². The molecule has 1 saturated heterocycles. The minimum atomic E-state index is -0.0482. The third-order valence-electron chi connectivity index (χ3n) is 4.84. The Bertz CT molecular complexity index is 958. The molecule has 0 spiro atoms. The van der Waals surface area contributed by atoms with Crippen molar-refractivity contribution in [1.82, 2.24) is 10.2 Å². The Labute approximate surface area is 175 Å². The molecule has 0 atom stereocenters. The third kappa shape index (κ3) is 4.20. The molecule has 0 saturated carbocycles. The van der Waals surface area contributed by atoms with Crippen LogP contribution in [0.25, 0.3) is 10.4 Å². The lowest BCUT2D eigenvalue weighted by Gasteiger charge is -2.32. The van der Waals surface area contributed by atoms with Gasteiger partial charge in [-0.3, -0.25) is 9.59 Å². The number of furan rings is 1. The minimum Gasteiger partial charge on any atom is -0.472 e. The van der Waals surface area contributed by atoms with Crippen molar-refractivity contribution in [2.75, 3.05) is 13.1 Å². The topological polar surface area (TPSA) is 62.6 Å². The number of halogens is 1. The van der Waals surface area contributed by atoms with E-state index in [9.17, 15) is 9.59 Å². The summed E-state index contributed by atoms with van der Waals surface area (Å²) < 4.78 is 6.01. The van der Waals surface area contributed by atoms with Crippen molar-refractivity contribution < 1.29 is 14.0 Å². The molecule has 0 aliphatic carbocycles. The second-order valence-corrected chi connectivity index (χ2v) is 8.72. The van der Waals surface area contributed by atoms with Crippen LogP contribution in [0.3, 0.4) is 0 Å². The number of hydrogen-bond donors (Lipinski definition) is 1. The van der Waals surface area contributed by atoms with Gasteiger partial charge in [-0.1, -0.05) is 28.1 Å². The molecule has 4 rings (SSSR count). The number of likely N-dealkylation sites (tertiary alicyclic amines) is 1. The molecule has 5 nitrogen and oxygen atoms in total. The molecule has 2 aromatic heterocycles. The van der Waals surface area contributed by atoms with Crippen LogP contribution in [-0.4, -0.2) is 35.8 Å². The van der Waals surface area contributed by atoms with Crippen LogP contribution in [0, 0.1) is 0 Å². The van der Waals surface area contributed by atoms with E-state index in [0.717, 1.165) is 27.8 Å². The summed E-state index contributed by atoms with van der Waals surface area (Å²) in [7, 11) is 0. The summed E-state index contributed by atoms with van der Waals surface area (Å²) in [6.45, 7) is 1.26. The second-order valence-electron chi connectivity index (χ2n) is 6.72. The molecular weight excluding hydrogens is 440 g/mol. The van der Waals surface area contributed by atoms with Gasteiger partial charge in [0.1, 0.15) is 6.26 Å². The number of piperidine rings is 1. The number of nitrogens with one attached hydrogen (secondary N) is 1. The molecule has 0 unspecified atom stereocenters. The number of benzene rings is 1. The molecule has 1 aromatic carbocycles.